The summed E-state index contributed by atoms with van der Waals surface area (Å²) in [6.45, 7) is 1.94. The summed E-state index contributed by atoms with van der Waals surface area (Å²) in [5.41, 5.74) is 0.170. The normalized spacial score (nSPS) is 18.9. The fraction of sp³-hybridized carbons (Fsp3) is 0.588. The number of carbonyl (C=O) groups is 1. The Balaban J connectivity index is 2.17. The van der Waals surface area contributed by atoms with Gasteiger partial charge < -0.3 is 9.30 Å². The molecule has 21 heavy (non-hydrogen) atoms. The lowest BCUT2D eigenvalue weighted by Crippen LogP contribution is -2.24. The number of hydrogen-bond acceptors (Lipinski definition) is 3. The zero-order valence-electron chi connectivity index (χ0n) is 12.8. The fourth-order valence-corrected chi connectivity index (χ4v) is 6.01. The zero-order chi connectivity index (χ0) is 15.1. The van der Waals surface area contributed by atoms with Crippen LogP contribution in [0.4, 0.5) is 0 Å². The number of ether oxygens (including phenoxy) is 1. The molecule has 1 unspecified atom stereocenters. The average molecular weight is 308 g/mol. The van der Waals surface area contributed by atoms with Gasteiger partial charge in [-0.25, -0.2) is 0 Å². The molecule has 0 spiro atoms. The third kappa shape index (κ3) is 4.20. The number of esters is 1. The Morgan fingerprint density at radius 3 is 2.48 bits per heavy atom. The molecule has 1 aromatic rings. The van der Waals surface area contributed by atoms with E-state index >= 15 is 0 Å². The molecule has 0 aliphatic heterocycles. The minimum atomic E-state index is -2.67. The Morgan fingerprint density at radius 1 is 1.19 bits per heavy atom. The van der Waals surface area contributed by atoms with Crippen molar-refractivity contribution in [1.29, 1.82) is 0 Å². The van der Waals surface area contributed by atoms with Gasteiger partial charge in [-0.2, -0.15) is 0 Å². The van der Waals surface area contributed by atoms with Crippen LogP contribution in [-0.2, 0) is 14.1 Å². The molecule has 1 aliphatic rings. The first kappa shape index (κ1) is 16.3. The van der Waals surface area contributed by atoms with E-state index in [4.69, 9.17) is 4.74 Å². The molecular weight excluding hydrogens is 283 g/mol. The van der Waals surface area contributed by atoms with E-state index in [0.717, 1.165) is 37.4 Å². The second kappa shape index (κ2) is 7.79. The highest BCUT2D eigenvalue weighted by atomic mass is 31.2. The number of hydrogen-bond donors (Lipinski definition) is 0. The van der Waals surface area contributed by atoms with E-state index < -0.39 is 7.14 Å². The van der Waals surface area contributed by atoms with Crippen LogP contribution in [0.2, 0.25) is 0 Å². The van der Waals surface area contributed by atoms with Crippen LogP contribution in [0.25, 0.3) is 0 Å². The van der Waals surface area contributed by atoms with E-state index in [1.54, 1.807) is 0 Å². The highest BCUT2D eigenvalue weighted by molar-refractivity contribution is 7.72. The first-order valence-electron chi connectivity index (χ1n) is 7.97. The minimum Gasteiger partial charge on any atom is -0.457 e. The molecule has 0 radical (unpaired) electrons. The van der Waals surface area contributed by atoms with Crippen LogP contribution >= 0.6 is 7.14 Å². The first-order valence-corrected chi connectivity index (χ1v) is 9.93. The van der Waals surface area contributed by atoms with Crippen molar-refractivity contribution in [2.45, 2.75) is 57.5 Å². The first-order chi connectivity index (χ1) is 10.2. The molecule has 2 rings (SSSR count). The number of benzene rings is 1. The van der Waals surface area contributed by atoms with Crippen molar-refractivity contribution in [1.82, 2.24) is 0 Å². The summed E-state index contributed by atoms with van der Waals surface area (Å²) < 4.78 is 19.0. The third-order valence-corrected chi connectivity index (χ3v) is 7.61. The van der Waals surface area contributed by atoms with Crippen molar-refractivity contribution in [3.05, 3.63) is 30.3 Å². The topological polar surface area (TPSA) is 43.4 Å². The van der Waals surface area contributed by atoms with Crippen LogP contribution in [0.1, 0.15) is 51.9 Å². The quantitative estimate of drug-likeness (QED) is 0.581. The highest BCUT2D eigenvalue weighted by Crippen LogP contribution is 2.54. The van der Waals surface area contributed by atoms with Crippen molar-refractivity contribution in [2.75, 3.05) is 6.35 Å². The molecule has 3 nitrogen and oxygen atoms in total. The van der Waals surface area contributed by atoms with Crippen molar-refractivity contribution in [2.24, 2.45) is 0 Å². The van der Waals surface area contributed by atoms with E-state index in [1.165, 1.54) is 6.42 Å². The summed E-state index contributed by atoms with van der Waals surface area (Å²) in [5.74, 6) is -0.232. The Bertz CT molecular complexity index is 492. The fourth-order valence-electron chi connectivity index (χ4n) is 3.01. The SMILES string of the molecule is CCCC(=O)OCP(=O)(c1ccccc1)C1CCCCC1. The van der Waals surface area contributed by atoms with Crippen LogP contribution < -0.4 is 5.30 Å². The van der Waals surface area contributed by atoms with Gasteiger partial charge in [-0.1, -0.05) is 56.5 Å². The van der Waals surface area contributed by atoms with Gasteiger partial charge >= 0.3 is 5.97 Å². The largest absolute Gasteiger partial charge is 0.457 e. The maximum absolute atomic E-state index is 13.6. The van der Waals surface area contributed by atoms with Gasteiger partial charge in [0.1, 0.15) is 6.35 Å². The summed E-state index contributed by atoms with van der Waals surface area (Å²) >= 11 is 0. The molecule has 0 bridgehead atoms. The maximum atomic E-state index is 13.6. The summed E-state index contributed by atoms with van der Waals surface area (Å²) in [6.07, 6.45) is 6.68. The van der Waals surface area contributed by atoms with Crippen molar-refractivity contribution in [3.63, 3.8) is 0 Å². The summed E-state index contributed by atoms with van der Waals surface area (Å²) in [5, 5.41) is 0.862. The Kier molecular flexibility index (Phi) is 6.05. The predicted octanol–water partition coefficient (Wildman–Crippen LogP) is 4.31. The second-order valence-corrected chi connectivity index (χ2v) is 8.91. The van der Waals surface area contributed by atoms with E-state index in [0.29, 0.717) is 6.42 Å². The lowest BCUT2D eigenvalue weighted by Gasteiger charge is -2.30. The molecule has 4 heteroatoms. The van der Waals surface area contributed by atoms with Crippen molar-refractivity contribution < 1.29 is 14.1 Å². The van der Waals surface area contributed by atoms with Crippen LogP contribution in [0, 0.1) is 0 Å². The van der Waals surface area contributed by atoms with Gasteiger partial charge in [0.25, 0.3) is 0 Å². The van der Waals surface area contributed by atoms with E-state index in [-0.39, 0.29) is 18.0 Å². The molecule has 0 amide bonds. The molecule has 116 valence electrons. The molecule has 1 fully saturated rings. The Hall–Kier alpha value is -1.08. The van der Waals surface area contributed by atoms with Gasteiger partial charge in [-0.05, 0) is 19.3 Å². The molecule has 1 aliphatic carbocycles. The van der Waals surface area contributed by atoms with Crippen LogP contribution in [0.5, 0.6) is 0 Å². The molecule has 0 N–H and O–H groups in total. The van der Waals surface area contributed by atoms with Crippen molar-refractivity contribution in [3.8, 4) is 0 Å². The van der Waals surface area contributed by atoms with E-state index in [2.05, 4.69) is 0 Å². The molecule has 0 saturated heterocycles. The number of rotatable bonds is 6. The van der Waals surface area contributed by atoms with Gasteiger partial charge in [0, 0.05) is 17.4 Å². The second-order valence-electron chi connectivity index (χ2n) is 5.82. The Labute approximate surface area is 127 Å². The van der Waals surface area contributed by atoms with Crippen LogP contribution in [-0.4, -0.2) is 18.0 Å². The maximum Gasteiger partial charge on any atom is 0.306 e. The lowest BCUT2D eigenvalue weighted by atomic mass is 10.0. The van der Waals surface area contributed by atoms with Gasteiger partial charge in [0.2, 0.25) is 0 Å². The van der Waals surface area contributed by atoms with Crippen molar-refractivity contribution >= 4 is 18.4 Å². The van der Waals surface area contributed by atoms with Crippen LogP contribution in [0.3, 0.4) is 0 Å². The van der Waals surface area contributed by atoms with Crippen LogP contribution in [0.15, 0.2) is 30.3 Å². The zero-order valence-corrected chi connectivity index (χ0v) is 13.7. The number of carbonyl (C=O) groups excluding carboxylic acids is 1. The van der Waals surface area contributed by atoms with Gasteiger partial charge in [-0.3, -0.25) is 4.79 Å². The third-order valence-electron chi connectivity index (χ3n) is 4.23. The van der Waals surface area contributed by atoms with E-state index in [9.17, 15) is 9.36 Å². The smallest absolute Gasteiger partial charge is 0.306 e. The van der Waals surface area contributed by atoms with Gasteiger partial charge in [0.15, 0.2) is 7.14 Å². The van der Waals surface area contributed by atoms with Gasteiger partial charge in [0.05, 0.1) is 0 Å². The monoisotopic (exact) mass is 308 g/mol. The van der Waals surface area contributed by atoms with Gasteiger partial charge in [-0.15, -0.1) is 0 Å². The average Bonchev–Trinajstić information content (AvgIpc) is 2.54. The molecule has 0 aromatic heterocycles. The molecule has 1 aromatic carbocycles. The molecule has 1 atom stereocenters. The predicted molar refractivity (Wildman–Crippen MR) is 86.4 cm³/mol. The summed E-state index contributed by atoms with van der Waals surface area (Å²) in [4.78, 5) is 11.7. The summed E-state index contributed by atoms with van der Waals surface area (Å²) in [7, 11) is -2.67. The van der Waals surface area contributed by atoms with E-state index in [1.807, 2.05) is 37.3 Å². The lowest BCUT2D eigenvalue weighted by molar-refractivity contribution is -0.141. The minimum absolute atomic E-state index is 0.0700. The molecular formula is C17H25O3P. The molecule has 1 saturated carbocycles. The standard InChI is InChI=1S/C17H25O3P/c1-2-9-17(18)20-14-21(19,15-10-5-3-6-11-15)16-12-7-4-8-13-16/h3,5-6,10-11,16H,2,4,7-9,12-14H2,1H3. The molecule has 0 heterocycles. The summed E-state index contributed by atoms with van der Waals surface area (Å²) in [6, 6.07) is 9.60. The highest BCUT2D eigenvalue weighted by Gasteiger charge is 2.36. The Morgan fingerprint density at radius 2 is 1.86 bits per heavy atom.